The number of carbonyl (C=O) groups is 1. The molecule has 1 atom stereocenters. The number of hydrogen-bond donors (Lipinski definition) is 1. The number of carbonyl (C=O) groups excluding carboxylic acids is 1. The minimum absolute atomic E-state index is 0.284. The summed E-state index contributed by atoms with van der Waals surface area (Å²) >= 11 is 5.76. The Morgan fingerprint density at radius 1 is 1.65 bits per heavy atom. The van der Waals surface area contributed by atoms with Gasteiger partial charge in [0.1, 0.15) is 11.1 Å². The minimum Gasteiger partial charge on any atom is -0.463 e. The quantitative estimate of drug-likeness (QED) is 0.807. The van der Waals surface area contributed by atoms with Crippen LogP contribution in [0.15, 0.2) is 29.8 Å². The Bertz CT molecular complexity index is 1080. The molecule has 0 fully saturated rings. The molecule has 0 unspecified atom stereocenters. The first-order chi connectivity index (χ1) is 14.4. The molecule has 0 spiro atoms. The molecule has 0 saturated heterocycles. The zero-order valence-electron chi connectivity index (χ0n) is 20.7. The van der Waals surface area contributed by atoms with E-state index in [2.05, 4.69) is 0 Å². The number of benzene rings is 1. The average Bonchev–Trinajstić information content (AvgIpc) is 2.69. The molecule has 8 heteroatoms. The molecule has 0 bridgehead atoms. The van der Waals surface area contributed by atoms with Crippen molar-refractivity contribution >= 4 is 33.3 Å². The smallest absolute Gasteiger partial charge is 0.335 e. The highest BCUT2D eigenvalue weighted by Crippen LogP contribution is 2.30. The van der Waals surface area contributed by atoms with Crippen LogP contribution in [0.25, 0.3) is 0 Å². The summed E-state index contributed by atoms with van der Waals surface area (Å²) in [5.74, 6) is -2.95. The lowest BCUT2D eigenvalue weighted by molar-refractivity contribution is -0.138. The van der Waals surface area contributed by atoms with Crippen LogP contribution in [-0.4, -0.2) is 26.2 Å². The highest BCUT2D eigenvalue weighted by Gasteiger charge is 2.35. The summed E-state index contributed by atoms with van der Waals surface area (Å²) in [7, 11) is -5.25. The molecule has 126 valence electrons. The number of rotatable bonds is 5. The predicted molar refractivity (Wildman–Crippen MR) is 86.3 cm³/mol. The number of ether oxygens (including phenoxy) is 1. The van der Waals surface area contributed by atoms with E-state index in [0.29, 0.717) is 0 Å². The van der Waals surface area contributed by atoms with Gasteiger partial charge in [-0.3, -0.25) is 4.72 Å². The topological polar surface area (TPSA) is 72.5 Å². The molecule has 1 aliphatic rings. The van der Waals surface area contributed by atoms with E-state index < -0.39 is 91.4 Å². The second-order valence-electron chi connectivity index (χ2n) is 4.21. The molecular weight excluding hydrogens is 345 g/mol. The van der Waals surface area contributed by atoms with E-state index in [4.69, 9.17) is 28.7 Å². The standard InChI is InChI=1S/C15H17ClFNO4S/c1-2-22-15(19)11-5-3-4-6-14(11)23(20,21)18-13-8-7-10(17)9-12(13)16/h5,7-9,14,18H,2-4,6H2,1H3/t14-/m1/s1/i3D2,4D2,5D,7D,8D,9D/hD. The van der Waals surface area contributed by atoms with Crippen molar-refractivity contribution in [1.29, 1.82) is 0 Å². The SMILES string of the molecule is [2H]C1=C(C(=O)OCC)[C@H](S(=O)(=O)N([2H])c2c([2H])c([2H])c(F)c([2H])c2Cl)CC([2H])([2H])C1([2H])[2H]. The Balaban J connectivity index is 2.79. The molecule has 1 aromatic rings. The fraction of sp³-hybridized carbons (Fsp3) is 0.400. The van der Waals surface area contributed by atoms with Crippen LogP contribution in [-0.2, 0) is 19.6 Å². The maximum atomic E-state index is 13.8. The number of anilines is 1. The van der Waals surface area contributed by atoms with E-state index in [1.807, 2.05) is 0 Å². The van der Waals surface area contributed by atoms with E-state index in [1.165, 1.54) is 6.92 Å². The van der Waals surface area contributed by atoms with Crippen LogP contribution in [0, 0.1) is 5.82 Å². The minimum atomic E-state index is -5.25. The van der Waals surface area contributed by atoms with Gasteiger partial charge in [0, 0.05) is 5.48 Å². The Hall–Kier alpha value is -1.60. The van der Waals surface area contributed by atoms with Gasteiger partial charge in [0.2, 0.25) is 10.0 Å². The molecule has 0 radical (unpaired) electrons. The van der Waals surface area contributed by atoms with Gasteiger partial charge in [0.05, 0.1) is 28.4 Å². The second-order valence-corrected chi connectivity index (χ2v) is 6.37. The summed E-state index contributed by atoms with van der Waals surface area (Å²) < 4.78 is 115. The fourth-order valence-electron chi connectivity index (χ4n) is 1.69. The number of allylic oxidation sites excluding steroid dienone is 1. The van der Waals surface area contributed by atoms with Crippen molar-refractivity contribution in [3.05, 3.63) is 40.6 Å². The number of sulfonamides is 1. The van der Waals surface area contributed by atoms with Crippen molar-refractivity contribution in [3.8, 4) is 0 Å². The summed E-state index contributed by atoms with van der Waals surface area (Å²) in [6, 6.07) is -4.84. The zero-order valence-corrected chi connectivity index (χ0v) is 13.3. The third-order valence-electron chi connectivity index (χ3n) is 2.69. The van der Waals surface area contributed by atoms with E-state index >= 15 is 0 Å². The van der Waals surface area contributed by atoms with E-state index in [-0.39, 0.29) is 6.61 Å². The first-order valence-electron chi connectivity index (χ1n) is 10.8. The normalized spacial score (nSPS) is 28.7. The van der Waals surface area contributed by atoms with Crippen molar-refractivity contribution in [3.63, 3.8) is 0 Å². The average molecular weight is 371 g/mol. The maximum Gasteiger partial charge on any atom is 0.335 e. The summed E-state index contributed by atoms with van der Waals surface area (Å²) in [4.78, 5) is 12.4. The van der Waals surface area contributed by atoms with E-state index in [0.717, 1.165) is 0 Å². The van der Waals surface area contributed by atoms with Gasteiger partial charge in [-0.25, -0.2) is 17.6 Å². The Morgan fingerprint density at radius 3 is 3.09 bits per heavy atom. The van der Waals surface area contributed by atoms with Gasteiger partial charge < -0.3 is 4.74 Å². The summed E-state index contributed by atoms with van der Waals surface area (Å²) in [5, 5.41) is -3.31. The number of nitrogens with one attached hydrogen (secondary N) is 1. The summed E-state index contributed by atoms with van der Waals surface area (Å²) in [6.07, 6.45) is -7.26. The Labute approximate surface area is 152 Å². The van der Waals surface area contributed by atoms with Gasteiger partial charge in [-0.2, -0.15) is 0 Å². The largest absolute Gasteiger partial charge is 0.463 e. The molecule has 0 heterocycles. The molecule has 0 aromatic heterocycles. The zero-order chi connectivity index (χ0) is 25.0. The van der Waals surface area contributed by atoms with Gasteiger partial charge in [-0.15, -0.1) is 0 Å². The van der Waals surface area contributed by atoms with Gasteiger partial charge in [-0.05, 0) is 44.2 Å². The lowest BCUT2D eigenvalue weighted by Gasteiger charge is -2.24. The van der Waals surface area contributed by atoms with Crippen LogP contribution in [0.4, 0.5) is 10.1 Å². The summed E-state index contributed by atoms with van der Waals surface area (Å²) in [5.41, 5.74) is -2.14. The van der Waals surface area contributed by atoms with Crippen molar-refractivity contribution < 1.29 is 34.7 Å². The molecule has 1 aliphatic carbocycles. The molecule has 1 aromatic carbocycles. The molecule has 5 nitrogen and oxygen atoms in total. The fourth-order valence-corrected chi connectivity index (χ4v) is 3.18. The predicted octanol–water partition coefficient (Wildman–Crippen LogP) is 3.26. The van der Waals surface area contributed by atoms with Crippen LogP contribution < -0.4 is 4.72 Å². The van der Waals surface area contributed by atoms with E-state index in [1.54, 1.807) is 0 Å². The van der Waals surface area contributed by atoms with Crippen LogP contribution in [0.2, 0.25) is 6.43 Å². The van der Waals surface area contributed by atoms with Gasteiger partial charge >= 0.3 is 5.97 Å². The molecule has 23 heavy (non-hydrogen) atoms. The first-order valence-corrected chi connectivity index (χ1v) is 8.19. The van der Waals surface area contributed by atoms with E-state index in [9.17, 15) is 17.6 Å². The van der Waals surface area contributed by atoms with Crippen molar-refractivity contribution in [2.75, 3.05) is 11.3 Å². The van der Waals surface area contributed by atoms with Crippen molar-refractivity contribution in [2.24, 2.45) is 0 Å². The molecule has 2 rings (SSSR count). The molecular formula is C15H17ClFNO4S. The number of hydrogen-bond acceptors (Lipinski definition) is 4. The lowest BCUT2D eigenvalue weighted by Crippen LogP contribution is -2.34. The molecule has 0 saturated carbocycles. The van der Waals surface area contributed by atoms with Gasteiger partial charge in [-0.1, -0.05) is 17.7 Å². The van der Waals surface area contributed by atoms with Crippen LogP contribution >= 0.6 is 11.6 Å². The number of esters is 1. The van der Waals surface area contributed by atoms with Gasteiger partial charge in [0.25, 0.3) is 0 Å². The highest BCUT2D eigenvalue weighted by atomic mass is 35.5. The molecule has 0 amide bonds. The highest BCUT2D eigenvalue weighted by molar-refractivity contribution is 7.93. The Kier molecular flexibility index (Phi) is 2.87. The Morgan fingerprint density at radius 2 is 2.39 bits per heavy atom. The van der Waals surface area contributed by atoms with Crippen LogP contribution in [0.1, 0.15) is 37.1 Å². The number of halogens is 2. The third kappa shape index (κ3) is 4.23. The second kappa shape index (κ2) is 7.31. The van der Waals surface area contributed by atoms with Gasteiger partial charge in [0.15, 0.2) is 1.41 Å². The van der Waals surface area contributed by atoms with Crippen molar-refractivity contribution in [1.82, 2.24) is 0 Å². The third-order valence-corrected chi connectivity index (χ3v) is 4.52. The van der Waals surface area contributed by atoms with Crippen LogP contribution in [0.3, 0.4) is 0 Å². The first kappa shape index (κ1) is 9.03. The van der Waals surface area contributed by atoms with Crippen LogP contribution in [0.5, 0.6) is 0 Å². The molecule has 0 aliphatic heterocycles. The molecule has 1 N–H and O–H groups in total. The van der Waals surface area contributed by atoms with Crippen molar-refractivity contribution in [2.45, 2.75) is 31.3 Å². The summed E-state index contributed by atoms with van der Waals surface area (Å²) in [6.45, 7) is 1.07. The lowest BCUT2D eigenvalue weighted by atomic mass is 9.99. The monoisotopic (exact) mass is 370 g/mol. The maximum absolute atomic E-state index is 13.8.